The summed E-state index contributed by atoms with van der Waals surface area (Å²) in [5.41, 5.74) is 1.98. The van der Waals surface area contributed by atoms with E-state index in [1.807, 2.05) is 17.7 Å². The zero-order valence-corrected chi connectivity index (χ0v) is 11.4. The fourth-order valence-electron chi connectivity index (χ4n) is 3.10. The van der Waals surface area contributed by atoms with Crippen LogP contribution in [0.2, 0.25) is 0 Å². The summed E-state index contributed by atoms with van der Waals surface area (Å²) < 4.78 is 13.2. The topological polar surface area (TPSA) is 69.2 Å². The van der Waals surface area contributed by atoms with E-state index in [1.54, 1.807) is 6.20 Å². The molecular formula is C13H17N5O2. The van der Waals surface area contributed by atoms with Crippen LogP contribution in [0.1, 0.15) is 29.6 Å². The second-order valence-corrected chi connectivity index (χ2v) is 5.55. The predicted octanol–water partition coefficient (Wildman–Crippen LogP) is 0.920. The Morgan fingerprint density at radius 2 is 2.40 bits per heavy atom. The summed E-state index contributed by atoms with van der Waals surface area (Å²) in [4.78, 5) is 2.36. The van der Waals surface area contributed by atoms with Gasteiger partial charge in [0.2, 0.25) is 0 Å². The lowest BCUT2D eigenvalue weighted by Gasteiger charge is -2.40. The first-order chi connectivity index (χ1) is 9.79. The molecule has 0 aliphatic carbocycles. The van der Waals surface area contributed by atoms with Gasteiger partial charge >= 0.3 is 0 Å². The van der Waals surface area contributed by atoms with Crippen molar-refractivity contribution < 1.29 is 9.26 Å². The summed E-state index contributed by atoms with van der Waals surface area (Å²) in [5.74, 6) is 0.913. The van der Waals surface area contributed by atoms with Gasteiger partial charge in [-0.15, -0.1) is 5.10 Å². The molecule has 1 saturated heterocycles. The molecule has 0 spiro atoms. The molecule has 4 heterocycles. The third kappa shape index (κ3) is 2.03. The van der Waals surface area contributed by atoms with Crippen molar-refractivity contribution in [3.63, 3.8) is 0 Å². The van der Waals surface area contributed by atoms with Gasteiger partial charge < -0.3 is 9.26 Å². The van der Waals surface area contributed by atoms with Crippen LogP contribution in [-0.2, 0) is 17.9 Å². The maximum absolute atomic E-state index is 5.91. The number of aromatic nitrogens is 4. The Morgan fingerprint density at radius 1 is 1.45 bits per heavy atom. The van der Waals surface area contributed by atoms with E-state index in [2.05, 4.69) is 20.4 Å². The van der Waals surface area contributed by atoms with Gasteiger partial charge in [-0.3, -0.25) is 4.90 Å². The second kappa shape index (κ2) is 4.68. The predicted molar refractivity (Wildman–Crippen MR) is 68.8 cm³/mol. The van der Waals surface area contributed by atoms with Crippen molar-refractivity contribution in [3.8, 4) is 0 Å². The monoisotopic (exact) mass is 275 g/mol. The summed E-state index contributed by atoms with van der Waals surface area (Å²) in [6, 6.07) is 2.24. The van der Waals surface area contributed by atoms with Gasteiger partial charge in [0.15, 0.2) is 5.76 Å². The van der Waals surface area contributed by atoms with Crippen molar-refractivity contribution in [1.29, 1.82) is 0 Å². The van der Waals surface area contributed by atoms with Gasteiger partial charge in [0, 0.05) is 19.2 Å². The minimum absolute atomic E-state index is 0.247. The molecule has 2 aliphatic rings. The van der Waals surface area contributed by atoms with Crippen LogP contribution in [-0.4, -0.2) is 44.2 Å². The lowest BCUT2D eigenvalue weighted by molar-refractivity contribution is -0.0679. The molecular weight excluding hydrogens is 258 g/mol. The van der Waals surface area contributed by atoms with E-state index in [4.69, 9.17) is 9.26 Å². The van der Waals surface area contributed by atoms with Gasteiger partial charge in [0.1, 0.15) is 0 Å². The highest BCUT2D eigenvalue weighted by atomic mass is 16.5. The molecule has 7 heteroatoms. The molecule has 0 radical (unpaired) electrons. The number of piperidine rings is 1. The molecule has 0 unspecified atom stereocenters. The molecule has 0 amide bonds. The molecule has 0 N–H and O–H groups in total. The maximum atomic E-state index is 5.91. The molecule has 2 atom stereocenters. The zero-order chi connectivity index (χ0) is 13.5. The summed E-state index contributed by atoms with van der Waals surface area (Å²) >= 11 is 0. The SMILES string of the molecule is Cc1cc(CN2CC[C@@H]3OCc4cnnn4[C@@H]3C2)on1. The van der Waals surface area contributed by atoms with Gasteiger partial charge in [-0.2, -0.15) is 0 Å². The van der Waals surface area contributed by atoms with Crippen molar-refractivity contribution in [2.45, 2.75) is 38.6 Å². The molecule has 0 saturated carbocycles. The molecule has 20 heavy (non-hydrogen) atoms. The Labute approximate surface area is 116 Å². The molecule has 2 aromatic rings. The largest absolute Gasteiger partial charge is 0.370 e. The maximum Gasteiger partial charge on any atom is 0.150 e. The van der Waals surface area contributed by atoms with Crippen molar-refractivity contribution in [1.82, 2.24) is 25.1 Å². The van der Waals surface area contributed by atoms with Crippen LogP contribution in [0.3, 0.4) is 0 Å². The summed E-state index contributed by atoms with van der Waals surface area (Å²) in [6.45, 7) is 5.26. The molecule has 2 aromatic heterocycles. The summed E-state index contributed by atoms with van der Waals surface area (Å²) in [7, 11) is 0. The fourth-order valence-corrected chi connectivity index (χ4v) is 3.10. The van der Waals surface area contributed by atoms with Crippen LogP contribution in [0.15, 0.2) is 16.8 Å². The number of hydrogen-bond acceptors (Lipinski definition) is 6. The lowest BCUT2D eigenvalue weighted by Crippen LogP contribution is -2.47. The molecule has 0 aromatic carbocycles. The first kappa shape index (κ1) is 12.0. The van der Waals surface area contributed by atoms with Crippen LogP contribution in [0.4, 0.5) is 0 Å². The van der Waals surface area contributed by atoms with Crippen molar-refractivity contribution >= 4 is 0 Å². The number of likely N-dealkylation sites (tertiary alicyclic amines) is 1. The standard InChI is InChI=1S/C13H17N5O2/c1-9-4-11(20-15-9)6-17-3-2-13-12(7-17)18-10(8-19-13)5-14-16-18/h4-5,12-13H,2-3,6-8H2,1H3/t12-,13+/m1/s1. The highest BCUT2D eigenvalue weighted by Gasteiger charge is 2.36. The van der Waals surface area contributed by atoms with Gasteiger partial charge in [0.25, 0.3) is 0 Å². The quantitative estimate of drug-likeness (QED) is 0.811. The molecule has 2 aliphatic heterocycles. The van der Waals surface area contributed by atoms with Crippen LogP contribution >= 0.6 is 0 Å². The van der Waals surface area contributed by atoms with Crippen molar-refractivity contribution in [3.05, 3.63) is 29.4 Å². The van der Waals surface area contributed by atoms with E-state index in [0.29, 0.717) is 6.61 Å². The zero-order valence-electron chi connectivity index (χ0n) is 11.4. The Balaban J connectivity index is 1.51. The molecule has 1 fully saturated rings. The van der Waals surface area contributed by atoms with Crippen molar-refractivity contribution in [2.75, 3.05) is 13.1 Å². The van der Waals surface area contributed by atoms with Gasteiger partial charge in [-0.05, 0) is 13.3 Å². The first-order valence-corrected chi connectivity index (χ1v) is 6.95. The minimum Gasteiger partial charge on any atom is -0.370 e. The number of nitrogens with zero attached hydrogens (tertiary/aromatic N) is 5. The summed E-state index contributed by atoms with van der Waals surface area (Å²) in [6.07, 6.45) is 3.04. The van der Waals surface area contributed by atoms with Crippen LogP contribution in [0, 0.1) is 6.92 Å². The van der Waals surface area contributed by atoms with E-state index >= 15 is 0 Å². The number of fused-ring (bicyclic) bond motifs is 3. The Bertz CT molecular complexity index is 607. The van der Waals surface area contributed by atoms with Gasteiger partial charge in [-0.25, -0.2) is 4.68 Å². The number of aryl methyl sites for hydroxylation is 1. The number of rotatable bonds is 2. The first-order valence-electron chi connectivity index (χ1n) is 6.95. The average Bonchev–Trinajstić information content (AvgIpc) is 3.07. The van der Waals surface area contributed by atoms with Crippen LogP contribution in [0.25, 0.3) is 0 Å². The lowest BCUT2D eigenvalue weighted by atomic mass is 10.0. The van der Waals surface area contributed by atoms with E-state index in [9.17, 15) is 0 Å². The van der Waals surface area contributed by atoms with E-state index < -0.39 is 0 Å². The minimum atomic E-state index is 0.247. The Kier molecular flexibility index (Phi) is 2.82. The third-order valence-corrected chi connectivity index (χ3v) is 4.07. The summed E-state index contributed by atoms with van der Waals surface area (Å²) in [5, 5.41) is 12.1. The fraction of sp³-hybridized carbons (Fsp3) is 0.615. The van der Waals surface area contributed by atoms with E-state index in [-0.39, 0.29) is 12.1 Å². The second-order valence-electron chi connectivity index (χ2n) is 5.55. The van der Waals surface area contributed by atoms with E-state index in [0.717, 1.165) is 43.2 Å². The third-order valence-electron chi connectivity index (χ3n) is 4.07. The van der Waals surface area contributed by atoms with Crippen LogP contribution in [0.5, 0.6) is 0 Å². The molecule has 7 nitrogen and oxygen atoms in total. The van der Waals surface area contributed by atoms with E-state index in [1.165, 1.54) is 0 Å². The normalized spacial score (nSPS) is 26.2. The molecule has 106 valence electrons. The van der Waals surface area contributed by atoms with Crippen LogP contribution < -0.4 is 0 Å². The highest BCUT2D eigenvalue weighted by Crippen LogP contribution is 2.30. The molecule has 4 rings (SSSR count). The number of ether oxygens (including phenoxy) is 1. The molecule has 0 bridgehead atoms. The Morgan fingerprint density at radius 3 is 3.25 bits per heavy atom. The smallest absolute Gasteiger partial charge is 0.150 e. The average molecular weight is 275 g/mol. The van der Waals surface area contributed by atoms with Gasteiger partial charge in [-0.1, -0.05) is 10.4 Å². The Hall–Kier alpha value is -1.73. The highest BCUT2D eigenvalue weighted by molar-refractivity contribution is 5.05. The number of hydrogen-bond donors (Lipinski definition) is 0. The van der Waals surface area contributed by atoms with Crippen molar-refractivity contribution in [2.24, 2.45) is 0 Å². The van der Waals surface area contributed by atoms with Gasteiger partial charge in [0.05, 0.1) is 42.9 Å².